The zero-order chi connectivity index (χ0) is 11.4. The van der Waals surface area contributed by atoms with Gasteiger partial charge in [-0.05, 0) is 32.0 Å². The predicted octanol–water partition coefficient (Wildman–Crippen LogP) is 1.62. The summed E-state index contributed by atoms with van der Waals surface area (Å²) in [5, 5.41) is 14.2. The minimum absolute atomic E-state index is 0.574. The van der Waals surface area contributed by atoms with Gasteiger partial charge in [0.2, 0.25) is 0 Å². The molecule has 3 N–H and O–H groups in total. The molecule has 1 aliphatic rings. The highest BCUT2D eigenvalue weighted by Gasteiger charge is 2.15. The number of nitrogens with zero attached hydrogens (tertiary/aromatic N) is 1. The zero-order valence-corrected chi connectivity index (χ0v) is 10.4. The van der Waals surface area contributed by atoms with Gasteiger partial charge in [-0.3, -0.25) is 5.10 Å². The number of H-pyrrole nitrogens is 1. The maximum absolute atomic E-state index is 5.25. The van der Waals surface area contributed by atoms with E-state index in [1.807, 2.05) is 13.1 Å². The molecule has 1 aliphatic carbocycles. The summed E-state index contributed by atoms with van der Waals surface area (Å²) in [6.45, 7) is 2.75. The average Bonchev–Trinajstić information content (AvgIpc) is 2.87. The number of rotatable bonds is 3. The minimum atomic E-state index is 0.574. The molecule has 1 fully saturated rings. The smallest absolute Gasteiger partial charge is 0.166 e. The first-order chi connectivity index (χ1) is 7.75. The maximum Gasteiger partial charge on any atom is 0.166 e. The molecule has 0 aliphatic heterocycles. The van der Waals surface area contributed by atoms with Gasteiger partial charge in [0.15, 0.2) is 5.11 Å². The van der Waals surface area contributed by atoms with Crippen LogP contribution in [0.2, 0.25) is 0 Å². The van der Waals surface area contributed by atoms with Crippen molar-refractivity contribution in [2.75, 3.05) is 0 Å². The Morgan fingerprint density at radius 1 is 1.56 bits per heavy atom. The van der Waals surface area contributed by atoms with Gasteiger partial charge in [0.25, 0.3) is 0 Å². The second kappa shape index (κ2) is 5.30. The van der Waals surface area contributed by atoms with E-state index in [2.05, 4.69) is 20.8 Å². The first kappa shape index (κ1) is 11.4. The van der Waals surface area contributed by atoms with Gasteiger partial charge < -0.3 is 10.6 Å². The van der Waals surface area contributed by atoms with Crippen molar-refractivity contribution >= 4 is 17.3 Å². The Hall–Kier alpha value is -1.10. The van der Waals surface area contributed by atoms with Crippen LogP contribution in [0.1, 0.15) is 36.9 Å². The predicted molar refractivity (Wildman–Crippen MR) is 68.2 cm³/mol. The van der Waals surface area contributed by atoms with Crippen LogP contribution in [0, 0.1) is 6.92 Å². The topological polar surface area (TPSA) is 52.7 Å². The van der Waals surface area contributed by atoms with E-state index in [4.69, 9.17) is 12.2 Å². The van der Waals surface area contributed by atoms with E-state index in [0.717, 1.165) is 22.9 Å². The lowest BCUT2D eigenvalue weighted by atomic mass is 10.2. The standard InChI is InChI=1S/C11H18N4S/c1-8-9(7-13-15-8)6-12-11(16)14-10-4-2-3-5-10/h7,10H,2-6H2,1H3,(H,13,15)(H2,12,14,16). The third kappa shape index (κ3) is 2.95. The van der Waals surface area contributed by atoms with Crippen molar-refractivity contribution in [3.63, 3.8) is 0 Å². The molecule has 0 amide bonds. The molecule has 0 bridgehead atoms. The molecule has 1 heterocycles. The SMILES string of the molecule is Cc1[nH]ncc1CNC(=S)NC1CCCC1. The minimum Gasteiger partial charge on any atom is -0.360 e. The molecule has 5 heteroatoms. The summed E-state index contributed by atoms with van der Waals surface area (Å²) >= 11 is 5.25. The van der Waals surface area contributed by atoms with Gasteiger partial charge >= 0.3 is 0 Å². The Morgan fingerprint density at radius 2 is 2.31 bits per heavy atom. The molecule has 0 spiro atoms. The summed E-state index contributed by atoms with van der Waals surface area (Å²) in [6.07, 6.45) is 6.96. The van der Waals surface area contributed by atoms with E-state index in [1.165, 1.54) is 25.7 Å². The summed E-state index contributed by atoms with van der Waals surface area (Å²) in [4.78, 5) is 0. The molecule has 0 atom stereocenters. The van der Waals surface area contributed by atoms with Crippen LogP contribution in [0.5, 0.6) is 0 Å². The number of aromatic nitrogens is 2. The number of hydrogen-bond donors (Lipinski definition) is 3. The summed E-state index contributed by atoms with van der Waals surface area (Å²) in [7, 11) is 0. The molecule has 1 aromatic rings. The number of thiocarbonyl (C=S) groups is 1. The lowest BCUT2D eigenvalue weighted by molar-refractivity contribution is 0.621. The molecule has 4 nitrogen and oxygen atoms in total. The number of nitrogens with one attached hydrogen (secondary N) is 3. The van der Waals surface area contributed by atoms with Crippen LogP contribution in [0.25, 0.3) is 0 Å². The van der Waals surface area contributed by atoms with Crippen LogP contribution in [-0.4, -0.2) is 21.4 Å². The van der Waals surface area contributed by atoms with Crippen LogP contribution in [0.15, 0.2) is 6.20 Å². The van der Waals surface area contributed by atoms with E-state index >= 15 is 0 Å². The van der Waals surface area contributed by atoms with Gasteiger partial charge in [0.1, 0.15) is 0 Å². The van der Waals surface area contributed by atoms with Gasteiger partial charge in [0.05, 0.1) is 6.20 Å². The number of aromatic amines is 1. The largest absolute Gasteiger partial charge is 0.360 e. The average molecular weight is 238 g/mol. The van der Waals surface area contributed by atoms with Crippen molar-refractivity contribution in [3.05, 3.63) is 17.5 Å². The highest BCUT2D eigenvalue weighted by atomic mass is 32.1. The van der Waals surface area contributed by atoms with Crippen molar-refractivity contribution in [3.8, 4) is 0 Å². The van der Waals surface area contributed by atoms with Crippen molar-refractivity contribution in [1.82, 2.24) is 20.8 Å². The number of hydrogen-bond acceptors (Lipinski definition) is 2. The van der Waals surface area contributed by atoms with Crippen molar-refractivity contribution in [2.24, 2.45) is 0 Å². The van der Waals surface area contributed by atoms with Crippen LogP contribution >= 0.6 is 12.2 Å². The Bertz CT molecular complexity index is 355. The monoisotopic (exact) mass is 238 g/mol. The fourth-order valence-electron chi connectivity index (χ4n) is 2.04. The summed E-state index contributed by atoms with van der Waals surface area (Å²) in [6, 6.07) is 0.574. The Balaban J connectivity index is 1.73. The first-order valence-corrected chi connectivity index (χ1v) is 6.20. The molecule has 0 unspecified atom stereocenters. The lowest BCUT2D eigenvalue weighted by Gasteiger charge is -2.15. The molecule has 2 rings (SSSR count). The molecular formula is C11H18N4S. The van der Waals surface area contributed by atoms with Gasteiger partial charge in [-0.25, -0.2) is 0 Å². The molecule has 88 valence electrons. The molecule has 0 saturated heterocycles. The fraction of sp³-hybridized carbons (Fsp3) is 0.636. The van der Waals surface area contributed by atoms with Crippen LogP contribution in [0.3, 0.4) is 0 Å². The fourth-order valence-corrected chi connectivity index (χ4v) is 2.27. The molecule has 1 saturated carbocycles. The lowest BCUT2D eigenvalue weighted by Crippen LogP contribution is -2.40. The number of aryl methyl sites for hydroxylation is 1. The third-order valence-electron chi connectivity index (χ3n) is 3.06. The van der Waals surface area contributed by atoms with Gasteiger partial charge in [-0.2, -0.15) is 5.10 Å². The van der Waals surface area contributed by atoms with E-state index in [0.29, 0.717) is 6.04 Å². The van der Waals surface area contributed by atoms with Crippen molar-refractivity contribution < 1.29 is 0 Å². The van der Waals surface area contributed by atoms with Gasteiger partial charge in [0, 0.05) is 23.8 Å². The molecule has 0 radical (unpaired) electrons. The maximum atomic E-state index is 5.25. The second-order valence-corrected chi connectivity index (χ2v) is 4.74. The molecule has 1 aromatic heterocycles. The summed E-state index contributed by atoms with van der Waals surface area (Å²) in [5.41, 5.74) is 2.26. The van der Waals surface area contributed by atoms with Crippen molar-refractivity contribution in [1.29, 1.82) is 0 Å². The Morgan fingerprint density at radius 3 is 2.94 bits per heavy atom. The summed E-state index contributed by atoms with van der Waals surface area (Å²) in [5.74, 6) is 0. The third-order valence-corrected chi connectivity index (χ3v) is 3.33. The van der Waals surface area contributed by atoms with Crippen LogP contribution in [0.4, 0.5) is 0 Å². The Labute approximate surface area is 101 Å². The van der Waals surface area contributed by atoms with E-state index in [9.17, 15) is 0 Å². The quantitative estimate of drug-likeness (QED) is 0.701. The molecule has 0 aromatic carbocycles. The molecular weight excluding hydrogens is 220 g/mol. The highest BCUT2D eigenvalue weighted by Crippen LogP contribution is 2.17. The van der Waals surface area contributed by atoms with E-state index < -0.39 is 0 Å². The first-order valence-electron chi connectivity index (χ1n) is 5.79. The van der Waals surface area contributed by atoms with Crippen molar-refractivity contribution in [2.45, 2.75) is 45.2 Å². The van der Waals surface area contributed by atoms with Gasteiger partial charge in [-0.1, -0.05) is 12.8 Å². The van der Waals surface area contributed by atoms with E-state index in [1.54, 1.807) is 0 Å². The van der Waals surface area contributed by atoms with E-state index in [-0.39, 0.29) is 0 Å². The highest BCUT2D eigenvalue weighted by molar-refractivity contribution is 7.80. The van der Waals surface area contributed by atoms with Crippen LogP contribution in [-0.2, 0) is 6.54 Å². The van der Waals surface area contributed by atoms with Crippen LogP contribution < -0.4 is 10.6 Å². The Kier molecular flexibility index (Phi) is 3.77. The second-order valence-electron chi connectivity index (χ2n) is 4.33. The van der Waals surface area contributed by atoms with Gasteiger partial charge in [-0.15, -0.1) is 0 Å². The molecule has 16 heavy (non-hydrogen) atoms. The normalized spacial score (nSPS) is 16.3. The summed E-state index contributed by atoms with van der Waals surface area (Å²) < 4.78 is 0. The zero-order valence-electron chi connectivity index (χ0n) is 9.55.